The fourth-order valence-corrected chi connectivity index (χ4v) is 5.98. The second-order valence-electron chi connectivity index (χ2n) is 9.73. The van der Waals surface area contributed by atoms with Crippen LogP contribution < -0.4 is 5.32 Å². The van der Waals surface area contributed by atoms with Crippen molar-refractivity contribution in [2.45, 2.75) is 69.7 Å². The summed E-state index contributed by atoms with van der Waals surface area (Å²) in [6.07, 6.45) is 14.2. The summed E-state index contributed by atoms with van der Waals surface area (Å²) in [7, 11) is 0. The fraction of sp³-hybridized carbons (Fsp3) is 0.481. The highest BCUT2D eigenvalue weighted by Crippen LogP contribution is 2.41. The number of aromatic hydroxyl groups is 1. The molecule has 0 saturated heterocycles. The van der Waals surface area contributed by atoms with Gasteiger partial charge in [0.25, 0.3) is 5.91 Å². The first kappa shape index (κ1) is 21.0. The van der Waals surface area contributed by atoms with E-state index in [1.54, 1.807) is 18.5 Å². The number of rotatable bonds is 5. The van der Waals surface area contributed by atoms with Gasteiger partial charge in [0, 0.05) is 17.3 Å². The standard InChI is InChI=1S/C27H32N2O3/c30-25-23-9-5-4-8-20(23)10-11-24(25)26(31)29-22-16-19(14-18-6-2-1-3-7-18)15-21(17-22)27-28-12-13-32-27/h4-5,8-13,18-19,21-22,30H,1-3,6-7,14-17H2,(H,29,31)/t19?,21-,22+/m0/s1. The molecular formula is C27H32N2O3. The molecule has 32 heavy (non-hydrogen) atoms. The van der Waals surface area contributed by atoms with Gasteiger partial charge in [0.05, 0.1) is 11.8 Å². The average Bonchev–Trinajstić information content (AvgIpc) is 3.35. The second kappa shape index (κ2) is 9.35. The van der Waals surface area contributed by atoms with Gasteiger partial charge in [-0.2, -0.15) is 0 Å². The summed E-state index contributed by atoms with van der Waals surface area (Å²) in [5.41, 5.74) is 0.339. The van der Waals surface area contributed by atoms with Crippen molar-refractivity contribution in [3.05, 3.63) is 60.3 Å². The van der Waals surface area contributed by atoms with E-state index >= 15 is 0 Å². The van der Waals surface area contributed by atoms with E-state index in [0.717, 1.165) is 36.5 Å². The molecule has 3 atom stereocenters. The number of benzene rings is 2. The first-order valence-corrected chi connectivity index (χ1v) is 12.1. The van der Waals surface area contributed by atoms with Gasteiger partial charge in [-0.3, -0.25) is 4.79 Å². The Labute approximate surface area is 189 Å². The van der Waals surface area contributed by atoms with Crippen molar-refractivity contribution >= 4 is 16.7 Å². The molecule has 2 aromatic carbocycles. The van der Waals surface area contributed by atoms with Gasteiger partial charge in [0.2, 0.25) is 0 Å². The fourth-order valence-electron chi connectivity index (χ4n) is 5.98. The Hall–Kier alpha value is -2.82. The highest BCUT2D eigenvalue weighted by atomic mass is 16.3. The van der Waals surface area contributed by atoms with Crippen molar-refractivity contribution in [1.82, 2.24) is 10.3 Å². The van der Waals surface area contributed by atoms with Gasteiger partial charge in [-0.05, 0) is 49.0 Å². The van der Waals surface area contributed by atoms with Crippen LogP contribution in [-0.4, -0.2) is 22.0 Å². The molecule has 2 aliphatic carbocycles. The lowest BCUT2D eigenvalue weighted by molar-refractivity contribution is 0.0902. The summed E-state index contributed by atoms with van der Waals surface area (Å²) < 4.78 is 5.65. The number of nitrogens with zero attached hydrogens (tertiary/aromatic N) is 1. The van der Waals surface area contributed by atoms with Crippen LogP contribution in [0.25, 0.3) is 10.8 Å². The van der Waals surface area contributed by atoms with Gasteiger partial charge in [-0.1, -0.05) is 62.4 Å². The zero-order valence-corrected chi connectivity index (χ0v) is 18.5. The topological polar surface area (TPSA) is 75.4 Å². The van der Waals surface area contributed by atoms with E-state index in [-0.39, 0.29) is 23.6 Å². The normalized spacial score (nSPS) is 24.4. The molecule has 2 saturated carbocycles. The number of carbonyl (C=O) groups is 1. The molecule has 168 valence electrons. The van der Waals surface area contributed by atoms with Gasteiger partial charge in [-0.15, -0.1) is 0 Å². The zero-order chi connectivity index (χ0) is 21.9. The van der Waals surface area contributed by atoms with Crippen LogP contribution in [0.5, 0.6) is 5.75 Å². The van der Waals surface area contributed by atoms with Crippen molar-refractivity contribution in [3.63, 3.8) is 0 Å². The van der Waals surface area contributed by atoms with E-state index in [1.165, 1.54) is 38.5 Å². The van der Waals surface area contributed by atoms with Crippen LogP contribution in [0.15, 0.2) is 53.3 Å². The van der Waals surface area contributed by atoms with Crippen LogP contribution in [0, 0.1) is 11.8 Å². The lowest BCUT2D eigenvalue weighted by Crippen LogP contribution is -2.41. The van der Waals surface area contributed by atoms with Crippen LogP contribution in [-0.2, 0) is 0 Å². The number of hydrogen-bond acceptors (Lipinski definition) is 4. The predicted octanol–water partition coefficient (Wildman–Crippen LogP) is 6.19. The maximum Gasteiger partial charge on any atom is 0.255 e. The third-order valence-corrected chi connectivity index (χ3v) is 7.48. The molecule has 1 heterocycles. The number of aromatic nitrogens is 1. The number of fused-ring (bicyclic) bond motifs is 1. The minimum absolute atomic E-state index is 0.0487. The third kappa shape index (κ3) is 4.52. The van der Waals surface area contributed by atoms with Crippen LogP contribution in [0.1, 0.15) is 80.0 Å². The molecule has 0 spiro atoms. The molecule has 2 fully saturated rings. The van der Waals surface area contributed by atoms with Crippen LogP contribution in [0.4, 0.5) is 0 Å². The highest BCUT2D eigenvalue weighted by molar-refractivity contribution is 6.03. The van der Waals surface area contributed by atoms with E-state index in [2.05, 4.69) is 10.3 Å². The van der Waals surface area contributed by atoms with Gasteiger partial charge in [0.1, 0.15) is 12.0 Å². The molecule has 0 aliphatic heterocycles. The molecule has 0 bridgehead atoms. The number of phenolic OH excluding ortho intramolecular Hbond substituents is 1. The number of hydrogen-bond donors (Lipinski definition) is 2. The van der Waals surface area contributed by atoms with Crippen molar-refractivity contribution in [3.8, 4) is 5.75 Å². The summed E-state index contributed by atoms with van der Waals surface area (Å²) >= 11 is 0. The number of phenols is 1. The van der Waals surface area contributed by atoms with Crippen LogP contribution in [0.3, 0.4) is 0 Å². The Morgan fingerprint density at radius 1 is 1.03 bits per heavy atom. The first-order chi connectivity index (χ1) is 15.7. The van der Waals surface area contributed by atoms with E-state index in [4.69, 9.17) is 4.42 Å². The van der Waals surface area contributed by atoms with Crippen molar-refractivity contribution in [1.29, 1.82) is 0 Å². The Morgan fingerprint density at radius 2 is 1.88 bits per heavy atom. The molecule has 1 aromatic heterocycles. The van der Waals surface area contributed by atoms with Gasteiger partial charge < -0.3 is 14.8 Å². The number of nitrogens with one attached hydrogen (secondary N) is 1. The van der Waals surface area contributed by atoms with Crippen LogP contribution >= 0.6 is 0 Å². The summed E-state index contributed by atoms with van der Waals surface area (Å²) in [6.45, 7) is 0. The van der Waals surface area contributed by atoms with E-state index in [1.807, 2.05) is 30.3 Å². The monoisotopic (exact) mass is 432 g/mol. The Bertz CT molecular complexity index is 1060. The number of oxazole rings is 1. The van der Waals surface area contributed by atoms with E-state index in [0.29, 0.717) is 16.9 Å². The number of amides is 1. The molecular weight excluding hydrogens is 400 g/mol. The minimum Gasteiger partial charge on any atom is -0.506 e. The Morgan fingerprint density at radius 3 is 2.69 bits per heavy atom. The quantitative estimate of drug-likeness (QED) is 0.504. The summed E-state index contributed by atoms with van der Waals surface area (Å²) in [5.74, 6) is 2.22. The molecule has 1 amide bonds. The number of carbonyl (C=O) groups excluding carboxylic acids is 1. The molecule has 2 aliphatic rings. The average molecular weight is 433 g/mol. The second-order valence-corrected chi connectivity index (χ2v) is 9.73. The molecule has 3 aromatic rings. The summed E-state index contributed by atoms with van der Waals surface area (Å²) in [4.78, 5) is 17.6. The molecule has 5 nitrogen and oxygen atoms in total. The SMILES string of the molecule is O=C(N[C@@H]1CC(CC2CCCCC2)C[C@H](c2ncco2)C1)c1ccc2ccccc2c1O. The lowest BCUT2D eigenvalue weighted by Gasteiger charge is -2.36. The summed E-state index contributed by atoms with van der Waals surface area (Å²) in [5, 5.41) is 15.6. The Balaban J connectivity index is 1.33. The largest absolute Gasteiger partial charge is 0.506 e. The van der Waals surface area contributed by atoms with E-state index < -0.39 is 0 Å². The highest BCUT2D eigenvalue weighted by Gasteiger charge is 2.34. The van der Waals surface area contributed by atoms with Crippen molar-refractivity contribution in [2.75, 3.05) is 0 Å². The van der Waals surface area contributed by atoms with Crippen molar-refractivity contribution in [2.24, 2.45) is 11.8 Å². The van der Waals surface area contributed by atoms with Crippen molar-refractivity contribution < 1.29 is 14.3 Å². The van der Waals surface area contributed by atoms with Gasteiger partial charge >= 0.3 is 0 Å². The zero-order valence-electron chi connectivity index (χ0n) is 18.5. The maximum atomic E-state index is 13.2. The molecule has 5 rings (SSSR count). The smallest absolute Gasteiger partial charge is 0.255 e. The molecule has 2 N–H and O–H groups in total. The maximum absolute atomic E-state index is 13.2. The first-order valence-electron chi connectivity index (χ1n) is 12.1. The van der Waals surface area contributed by atoms with Gasteiger partial charge in [-0.25, -0.2) is 4.98 Å². The predicted molar refractivity (Wildman–Crippen MR) is 125 cm³/mol. The summed E-state index contributed by atoms with van der Waals surface area (Å²) in [6, 6.07) is 11.3. The minimum atomic E-state index is -0.206. The van der Waals surface area contributed by atoms with Crippen LogP contribution in [0.2, 0.25) is 0 Å². The Kier molecular flexibility index (Phi) is 6.15. The molecule has 1 unspecified atom stereocenters. The lowest BCUT2D eigenvalue weighted by atomic mass is 9.72. The third-order valence-electron chi connectivity index (χ3n) is 7.48. The van der Waals surface area contributed by atoms with E-state index in [9.17, 15) is 9.90 Å². The van der Waals surface area contributed by atoms with Gasteiger partial charge in [0.15, 0.2) is 5.89 Å². The molecule has 0 radical (unpaired) electrons. The molecule has 5 heteroatoms.